The first-order valence-corrected chi connectivity index (χ1v) is 8.89. The Kier molecular flexibility index (Phi) is 5.76. The zero-order chi connectivity index (χ0) is 17.7. The number of quaternary nitrogens is 1. The van der Waals surface area contributed by atoms with Gasteiger partial charge in [-0.2, -0.15) is 0 Å². The standard InChI is InChI=1S/C16H21N3O4S/c1-18(2)24(21,22)15-8-4-6-13(10-15)17-16(20)12-19(3)11-14-7-5-9-23-14/h4-10H,11-12H2,1-3H3,(H,17,20)/p+1. The molecule has 0 radical (unpaired) electrons. The van der Waals surface area contributed by atoms with Crippen molar-refractivity contribution in [2.75, 3.05) is 33.0 Å². The summed E-state index contributed by atoms with van der Waals surface area (Å²) in [5.74, 6) is 0.609. The number of nitrogens with zero attached hydrogens (tertiary/aromatic N) is 1. The van der Waals surface area contributed by atoms with Crippen LogP contribution in [-0.4, -0.2) is 46.3 Å². The van der Waals surface area contributed by atoms with Gasteiger partial charge in [-0.05, 0) is 30.3 Å². The van der Waals surface area contributed by atoms with Crippen molar-refractivity contribution in [1.29, 1.82) is 0 Å². The molecule has 2 N–H and O–H groups in total. The van der Waals surface area contributed by atoms with E-state index < -0.39 is 10.0 Å². The van der Waals surface area contributed by atoms with Gasteiger partial charge < -0.3 is 14.6 Å². The highest BCUT2D eigenvalue weighted by molar-refractivity contribution is 7.89. The molecule has 2 aromatic rings. The molecule has 130 valence electrons. The van der Waals surface area contributed by atoms with Gasteiger partial charge in [0.2, 0.25) is 10.0 Å². The molecule has 7 nitrogen and oxygen atoms in total. The maximum atomic E-state index is 12.1. The maximum Gasteiger partial charge on any atom is 0.279 e. The number of carbonyl (C=O) groups excluding carboxylic acids is 1. The van der Waals surface area contributed by atoms with Gasteiger partial charge in [0.1, 0.15) is 6.54 Å². The SMILES string of the molecule is CN(C)S(=O)(=O)c1cccc(NC(=O)C[NH+](C)Cc2ccco2)c1. The highest BCUT2D eigenvalue weighted by Crippen LogP contribution is 2.17. The normalized spacial score (nSPS) is 13.0. The number of rotatable bonds is 7. The van der Waals surface area contributed by atoms with Crippen LogP contribution in [0.1, 0.15) is 5.76 Å². The average molecular weight is 352 g/mol. The Hall–Kier alpha value is -2.16. The van der Waals surface area contributed by atoms with Crippen molar-refractivity contribution in [3.05, 3.63) is 48.4 Å². The van der Waals surface area contributed by atoms with E-state index in [4.69, 9.17) is 4.42 Å². The van der Waals surface area contributed by atoms with Crippen LogP contribution in [0.15, 0.2) is 52.0 Å². The predicted octanol–water partition coefficient (Wildman–Crippen LogP) is 0.183. The molecule has 2 rings (SSSR count). The molecule has 0 aliphatic heterocycles. The van der Waals surface area contributed by atoms with E-state index in [0.717, 1.165) is 15.0 Å². The first-order chi connectivity index (χ1) is 11.3. The minimum absolute atomic E-state index is 0.140. The topological polar surface area (TPSA) is 84.1 Å². The molecule has 0 saturated heterocycles. The summed E-state index contributed by atoms with van der Waals surface area (Å²) in [4.78, 5) is 13.2. The summed E-state index contributed by atoms with van der Waals surface area (Å²) < 4.78 is 30.6. The van der Waals surface area contributed by atoms with Crippen LogP contribution in [0.5, 0.6) is 0 Å². The molecule has 1 amide bonds. The molecule has 0 aliphatic carbocycles. The highest BCUT2D eigenvalue weighted by Gasteiger charge is 2.18. The largest absolute Gasteiger partial charge is 0.463 e. The number of furan rings is 1. The Bertz CT molecular complexity index is 785. The van der Waals surface area contributed by atoms with Crippen molar-refractivity contribution in [1.82, 2.24) is 4.31 Å². The molecule has 1 aromatic carbocycles. The van der Waals surface area contributed by atoms with E-state index in [9.17, 15) is 13.2 Å². The lowest BCUT2D eigenvalue weighted by atomic mass is 10.3. The number of nitrogens with one attached hydrogen (secondary N) is 2. The lowest BCUT2D eigenvalue weighted by molar-refractivity contribution is -0.886. The second kappa shape index (κ2) is 7.61. The fourth-order valence-electron chi connectivity index (χ4n) is 2.20. The van der Waals surface area contributed by atoms with Crippen LogP contribution in [0.3, 0.4) is 0 Å². The minimum Gasteiger partial charge on any atom is -0.463 e. The van der Waals surface area contributed by atoms with E-state index in [1.807, 2.05) is 13.1 Å². The Labute approximate surface area is 141 Å². The molecule has 0 spiro atoms. The van der Waals surface area contributed by atoms with Crippen LogP contribution in [0.25, 0.3) is 0 Å². The van der Waals surface area contributed by atoms with Gasteiger partial charge in [-0.15, -0.1) is 0 Å². The maximum absolute atomic E-state index is 12.1. The summed E-state index contributed by atoms with van der Waals surface area (Å²) in [5, 5.41) is 2.73. The molecule has 1 unspecified atom stereocenters. The monoisotopic (exact) mass is 352 g/mol. The Balaban J connectivity index is 1.99. The third kappa shape index (κ3) is 4.67. The van der Waals surface area contributed by atoms with E-state index >= 15 is 0 Å². The Morgan fingerprint density at radius 3 is 2.62 bits per heavy atom. The molecule has 0 fully saturated rings. The number of benzene rings is 1. The highest BCUT2D eigenvalue weighted by atomic mass is 32.2. The average Bonchev–Trinajstić information content (AvgIpc) is 2.99. The lowest BCUT2D eigenvalue weighted by Gasteiger charge is -2.14. The van der Waals surface area contributed by atoms with Crippen molar-refractivity contribution < 1.29 is 22.5 Å². The minimum atomic E-state index is -3.53. The van der Waals surface area contributed by atoms with E-state index in [0.29, 0.717) is 12.2 Å². The number of likely N-dealkylation sites (N-methyl/N-ethyl adjacent to an activating group) is 1. The third-order valence-corrected chi connectivity index (χ3v) is 5.23. The van der Waals surface area contributed by atoms with Gasteiger partial charge in [-0.25, -0.2) is 12.7 Å². The van der Waals surface area contributed by atoms with Crippen LogP contribution in [0.2, 0.25) is 0 Å². The summed E-state index contributed by atoms with van der Waals surface area (Å²) in [6.45, 7) is 0.834. The van der Waals surface area contributed by atoms with Crippen LogP contribution in [0.4, 0.5) is 5.69 Å². The van der Waals surface area contributed by atoms with E-state index in [2.05, 4.69) is 5.32 Å². The molecule has 0 saturated carbocycles. The number of sulfonamides is 1. The zero-order valence-electron chi connectivity index (χ0n) is 13.9. The van der Waals surface area contributed by atoms with Gasteiger partial charge in [0.25, 0.3) is 5.91 Å². The van der Waals surface area contributed by atoms with E-state index in [1.54, 1.807) is 24.5 Å². The first-order valence-electron chi connectivity index (χ1n) is 7.45. The summed E-state index contributed by atoms with van der Waals surface area (Å²) in [7, 11) is 1.29. The summed E-state index contributed by atoms with van der Waals surface area (Å²) in [6.07, 6.45) is 1.60. The van der Waals surface area contributed by atoms with Crippen molar-refractivity contribution in [2.24, 2.45) is 0 Å². The number of hydrogen-bond acceptors (Lipinski definition) is 4. The number of carbonyl (C=O) groups is 1. The van der Waals surface area contributed by atoms with E-state index in [1.165, 1.54) is 26.2 Å². The Morgan fingerprint density at radius 1 is 1.25 bits per heavy atom. The molecule has 24 heavy (non-hydrogen) atoms. The summed E-state index contributed by atoms with van der Waals surface area (Å²) >= 11 is 0. The predicted molar refractivity (Wildman–Crippen MR) is 90.1 cm³/mol. The molecule has 8 heteroatoms. The zero-order valence-corrected chi connectivity index (χ0v) is 14.8. The van der Waals surface area contributed by atoms with Crippen LogP contribution in [0, 0.1) is 0 Å². The first kappa shape index (κ1) is 18.2. The van der Waals surface area contributed by atoms with Crippen LogP contribution < -0.4 is 10.2 Å². The summed E-state index contributed by atoms with van der Waals surface area (Å²) in [5.41, 5.74) is 0.453. The quantitative estimate of drug-likeness (QED) is 0.745. The molecule has 0 aliphatic rings. The molecular formula is C16H22N3O4S+. The second-order valence-corrected chi connectivity index (χ2v) is 7.91. The van der Waals surface area contributed by atoms with Crippen molar-refractivity contribution in [3.63, 3.8) is 0 Å². The smallest absolute Gasteiger partial charge is 0.279 e. The lowest BCUT2D eigenvalue weighted by Crippen LogP contribution is -3.08. The molecule has 1 heterocycles. The van der Waals surface area contributed by atoms with Gasteiger partial charge >= 0.3 is 0 Å². The number of anilines is 1. The molecule has 1 atom stereocenters. The van der Waals surface area contributed by atoms with Gasteiger partial charge in [0.15, 0.2) is 12.3 Å². The molecular weight excluding hydrogens is 330 g/mol. The van der Waals surface area contributed by atoms with Crippen LogP contribution >= 0.6 is 0 Å². The number of hydrogen-bond donors (Lipinski definition) is 2. The van der Waals surface area contributed by atoms with Crippen molar-refractivity contribution >= 4 is 21.6 Å². The number of amides is 1. The van der Waals surface area contributed by atoms with Gasteiger partial charge in [-0.1, -0.05) is 6.07 Å². The second-order valence-electron chi connectivity index (χ2n) is 5.75. The van der Waals surface area contributed by atoms with Gasteiger partial charge in [-0.3, -0.25) is 4.79 Å². The van der Waals surface area contributed by atoms with Crippen molar-refractivity contribution in [2.45, 2.75) is 11.4 Å². The summed E-state index contributed by atoms with van der Waals surface area (Å²) in [6, 6.07) is 9.88. The molecule has 0 bridgehead atoms. The molecule has 1 aromatic heterocycles. The Morgan fingerprint density at radius 2 is 2.00 bits per heavy atom. The fraction of sp³-hybridized carbons (Fsp3) is 0.312. The van der Waals surface area contributed by atoms with Crippen molar-refractivity contribution in [3.8, 4) is 0 Å². The van der Waals surface area contributed by atoms with E-state index in [-0.39, 0.29) is 17.3 Å². The third-order valence-electron chi connectivity index (χ3n) is 3.41. The van der Waals surface area contributed by atoms with Crippen LogP contribution in [-0.2, 0) is 21.4 Å². The fourth-order valence-corrected chi connectivity index (χ4v) is 3.15. The van der Waals surface area contributed by atoms with Gasteiger partial charge in [0, 0.05) is 19.8 Å². The van der Waals surface area contributed by atoms with Gasteiger partial charge in [0.05, 0.1) is 18.2 Å².